The van der Waals surface area contributed by atoms with Crippen molar-refractivity contribution in [3.05, 3.63) is 16.1 Å². The summed E-state index contributed by atoms with van der Waals surface area (Å²) in [5.41, 5.74) is 5.28. The number of aliphatic hydroxyl groups excluding tert-OH is 2. The van der Waals surface area contributed by atoms with Crippen molar-refractivity contribution in [2.45, 2.75) is 37.3 Å². The van der Waals surface area contributed by atoms with Crippen LogP contribution in [0.15, 0.2) is 5.38 Å². The maximum absolute atomic E-state index is 11.1. The summed E-state index contributed by atoms with van der Waals surface area (Å²) >= 11 is 1.17. The summed E-state index contributed by atoms with van der Waals surface area (Å²) in [7, 11) is 0. The fraction of sp³-hybridized carbons (Fsp3) is 0.636. The quantitative estimate of drug-likeness (QED) is 0.648. The van der Waals surface area contributed by atoms with Crippen LogP contribution in [0, 0.1) is 0 Å². The molecule has 2 saturated heterocycles. The number of carbonyl (C=O) groups is 1. The molecule has 0 aromatic carbocycles. The number of rotatable bonds is 3. The van der Waals surface area contributed by atoms with E-state index in [0.717, 1.165) is 0 Å². The molecular formula is C11H14N2O6S. The Balaban J connectivity index is 1.81. The minimum absolute atomic E-state index is 0.130. The van der Waals surface area contributed by atoms with Crippen molar-refractivity contribution < 1.29 is 29.2 Å². The number of nitrogens with two attached hydrogens (primary N) is 1. The highest BCUT2D eigenvalue weighted by Crippen LogP contribution is 2.43. The molecule has 3 heterocycles. The maximum Gasteiger partial charge on any atom is 0.268 e. The van der Waals surface area contributed by atoms with Gasteiger partial charge in [0.2, 0.25) is 5.79 Å². The molecule has 0 aliphatic carbocycles. The largest absolute Gasteiger partial charge is 0.394 e. The summed E-state index contributed by atoms with van der Waals surface area (Å²) in [5, 5.41) is 20.9. The number of fused-ring (bicyclic) bond motifs is 1. The molecule has 9 heteroatoms. The fourth-order valence-electron chi connectivity index (χ4n) is 2.28. The second-order valence-electron chi connectivity index (χ2n) is 4.76. The van der Waals surface area contributed by atoms with Gasteiger partial charge in [0.1, 0.15) is 24.0 Å². The maximum atomic E-state index is 11.1. The summed E-state index contributed by atoms with van der Waals surface area (Å²) in [4.78, 5) is 15.1. The Bertz CT molecular complexity index is 537. The zero-order valence-corrected chi connectivity index (χ0v) is 11.4. The van der Waals surface area contributed by atoms with Crippen molar-refractivity contribution in [1.29, 1.82) is 0 Å². The van der Waals surface area contributed by atoms with Gasteiger partial charge in [-0.25, -0.2) is 4.98 Å². The minimum atomic E-state index is -1.21. The topological polar surface area (TPSA) is 124 Å². The number of hydrogen-bond acceptors (Lipinski definition) is 8. The van der Waals surface area contributed by atoms with Gasteiger partial charge in [-0.3, -0.25) is 4.79 Å². The lowest BCUT2D eigenvalue weighted by Gasteiger charge is -2.24. The molecule has 2 fully saturated rings. The van der Waals surface area contributed by atoms with Crippen molar-refractivity contribution in [2.24, 2.45) is 5.73 Å². The van der Waals surface area contributed by atoms with E-state index in [1.807, 2.05) is 0 Å². The number of ether oxygens (including phenoxy) is 3. The van der Waals surface area contributed by atoms with E-state index >= 15 is 0 Å². The predicted octanol–water partition coefficient (Wildman–Crippen LogP) is -1.09. The third-order valence-corrected chi connectivity index (χ3v) is 4.35. The third kappa shape index (κ3) is 2.03. The number of amides is 1. The Hall–Kier alpha value is -1.10. The van der Waals surface area contributed by atoms with Crippen LogP contribution in [0.1, 0.15) is 22.4 Å². The molecule has 4 N–H and O–H groups in total. The summed E-state index contributed by atoms with van der Waals surface area (Å²) in [5.74, 6) is -1.85. The standard InChI is InChI=1S/C11H14N2O6S/c1-11(10-13-4(3-20-10)8(12)16)18-7-6(15)5(2-14)17-9(7)19-11/h3,5-7,9,14-15H,2H2,1H3,(H2,12,16)/t5-,6-,7+,9+,11+/m0/s1. The molecule has 0 unspecified atom stereocenters. The Kier molecular flexibility index (Phi) is 3.27. The van der Waals surface area contributed by atoms with Crippen molar-refractivity contribution in [3.8, 4) is 0 Å². The van der Waals surface area contributed by atoms with Crippen LogP contribution in [0.25, 0.3) is 0 Å². The number of aromatic nitrogens is 1. The van der Waals surface area contributed by atoms with E-state index in [1.165, 1.54) is 16.7 Å². The molecule has 0 radical (unpaired) electrons. The van der Waals surface area contributed by atoms with Gasteiger partial charge in [0.25, 0.3) is 5.91 Å². The van der Waals surface area contributed by atoms with Crippen LogP contribution < -0.4 is 5.73 Å². The Morgan fingerprint density at radius 3 is 2.90 bits per heavy atom. The number of primary amides is 1. The van der Waals surface area contributed by atoms with Gasteiger partial charge < -0.3 is 30.2 Å². The number of hydrogen-bond donors (Lipinski definition) is 3. The van der Waals surface area contributed by atoms with Crippen molar-refractivity contribution in [2.75, 3.05) is 6.61 Å². The smallest absolute Gasteiger partial charge is 0.268 e. The number of aliphatic hydroxyl groups is 2. The third-order valence-electron chi connectivity index (χ3n) is 3.32. The van der Waals surface area contributed by atoms with Gasteiger partial charge in [-0.1, -0.05) is 0 Å². The molecule has 20 heavy (non-hydrogen) atoms. The first-order valence-corrected chi connectivity index (χ1v) is 6.88. The average Bonchev–Trinajstić information content (AvgIpc) is 3.05. The van der Waals surface area contributed by atoms with Gasteiger partial charge in [0.05, 0.1) is 6.61 Å². The first-order chi connectivity index (χ1) is 9.44. The molecule has 1 aromatic heterocycles. The van der Waals surface area contributed by atoms with E-state index in [1.54, 1.807) is 6.92 Å². The highest BCUT2D eigenvalue weighted by Gasteiger charge is 2.57. The minimum Gasteiger partial charge on any atom is -0.394 e. The van der Waals surface area contributed by atoms with Crippen molar-refractivity contribution >= 4 is 17.2 Å². The zero-order valence-electron chi connectivity index (χ0n) is 10.6. The van der Waals surface area contributed by atoms with Crippen LogP contribution in [-0.4, -0.2) is 52.3 Å². The molecule has 2 aliphatic heterocycles. The van der Waals surface area contributed by atoms with Crippen molar-refractivity contribution in [3.63, 3.8) is 0 Å². The van der Waals surface area contributed by atoms with Crippen LogP contribution >= 0.6 is 11.3 Å². The normalized spacial score (nSPS) is 40.0. The number of thiazole rings is 1. The van der Waals surface area contributed by atoms with Gasteiger partial charge in [-0.2, -0.15) is 0 Å². The Morgan fingerprint density at radius 1 is 1.60 bits per heavy atom. The first kappa shape index (κ1) is 13.9. The van der Waals surface area contributed by atoms with Gasteiger partial charge in [-0.05, 0) is 6.92 Å². The highest BCUT2D eigenvalue weighted by atomic mass is 32.1. The molecule has 2 aliphatic rings. The van der Waals surface area contributed by atoms with E-state index in [2.05, 4.69) is 4.98 Å². The fourth-order valence-corrected chi connectivity index (χ4v) is 3.13. The van der Waals surface area contributed by atoms with E-state index in [-0.39, 0.29) is 12.3 Å². The van der Waals surface area contributed by atoms with Crippen LogP contribution in [-0.2, 0) is 20.0 Å². The van der Waals surface area contributed by atoms with E-state index in [0.29, 0.717) is 5.01 Å². The monoisotopic (exact) mass is 302 g/mol. The van der Waals surface area contributed by atoms with E-state index < -0.39 is 36.3 Å². The second kappa shape index (κ2) is 4.72. The molecule has 3 rings (SSSR count). The molecule has 8 nitrogen and oxygen atoms in total. The van der Waals surface area contributed by atoms with Crippen molar-refractivity contribution in [1.82, 2.24) is 4.98 Å². The Labute approximate surface area is 118 Å². The summed E-state index contributed by atoms with van der Waals surface area (Å²) in [6.07, 6.45) is -3.21. The lowest BCUT2D eigenvalue weighted by atomic mass is 10.1. The zero-order chi connectivity index (χ0) is 14.5. The molecule has 0 bridgehead atoms. The molecule has 0 spiro atoms. The molecule has 0 saturated carbocycles. The lowest BCUT2D eigenvalue weighted by Crippen LogP contribution is -2.36. The first-order valence-electron chi connectivity index (χ1n) is 6.00. The average molecular weight is 302 g/mol. The molecule has 5 atom stereocenters. The van der Waals surface area contributed by atoms with Gasteiger partial charge >= 0.3 is 0 Å². The Morgan fingerprint density at radius 2 is 2.35 bits per heavy atom. The summed E-state index contributed by atoms with van der Waals surface area (Å²) in [6, 6.07) is 0. The van der Waals surface area contributed by atoms with Gasteiger partial charge in [-0.15, -0.1) is 11.3 Å². The van der Waals surface area contributed by atoms with Gasteiger partial charge in [0, 0.05) is 5.38 Å². The number of carbonyl (C=O) groups excluding carboxylic acids is 1. The molecular weight excluding hydrogens is 288 g/mol. The van der Waals surface area contributed by atoms with Crippen LogP contribution in [0.5, 0.6) is 0 Å². The van der Waals surface area contributed by atoms with Crippen LogP contribution in [0.4, 0.5) is 0 Å². The predicted molar refractivity (Wildman–Crippen MR) is 65.7 cm³/mol. The van der Waals surface area contributed by atoms with Crippen LogP contribution in [0.3, 0.4) is 0 Å². The summed E-state index contributed by atoms with van der Waals surface area (Å²) in [6.45, 7) is 1.31. The molecule has 1 amide bonds. The van der Waals surface area contributed by atoms with E-state index in [4.69, 9.17) is 25.1 Å². The second-order valence-corrected chi connectivity index (χ2v) is 5.62. The van der Waals surface area contributed by atoms with Crippen LogP contribution in [0.2, 0.25) is 0 Å². The molecule has 1 aromatic rings. The summed E-state index contributed by atoms with van der Waals surface area (Å²) < 4.78 is 16.7. The highest BCUT2D eigenvalue weighted by molar-refractivity contribution is 7.10. The van der Waals surface area contributed by atoms with Gasteiger partial charge in [0.15, 0.2) is 11.3 Å². The number of nitrogens with zero attached hydrogens (tertiary/aromatic N) is 1. The lowest BCUT2D eigenvalue weighted by molar-refractivity contribution is -0.234. The SMILES string of the molecule is C[C@]1(c2nc(C(N)=O)cs2)O[C@H]2O[C@@H](CO)[C@H](O)[C@H]2O1. The van der Waals surface area contributed by atoms with E-state index in [9.17, 15) is 9.90 Å². The molecule has 110 valence electrons.